The number of rotatable bonds is 3. The monoisotopic (exact) mass is 379 g/mol. The maximum Gasteiger partial charge on any atom is 0.417 e. The van der Waals surface area contributed by atoms with Gasteiger partial charge in [-0.15, -0.1) is 10.2 Å². The van der Waals surface area contributed by atoms with Crippen molar-refractivity contribution in [2.75, 3.05) is 0 Å². The summed E-state index contributed by atoms with van der Waals surface area (Å²) in [7, 11) is -4.08. The van der Waals surface area contributed by atoms with E-state index >= 15 is 0 Å². The predicted octanol–water partition coefficient (Wildman–Crippen LogP) is 2.41. The zero-order valence-electron chi connectivity index (χ0n) is 12.0. The van der Waals surface area contributed by atoms with Crippen molar-refractivity contribution in [3.63, 3.8) is 0 Å². The Bertz CT molecular complexity index is 1030. The number of alkyl halides is 3. The van der Waals surface area contributed by atoms with Gasteiger partial charge in [0, 0.05) is 11.9 Å². The van der Waals surface area contributed by atoms with Crippen molar-refractivity contribution in [3.05, 3.63) is 40.3 Å². The molecule has 0 amide bonds. The number of nitrogens with one attached hydrogen (secondary N) is 1. The first-order valence-electron chi connectivity index (χ1n) is 6.43. The molecule has 0 fully saturated rings. The second kappa shape index (κ2) is 5.45. The number of fused-ring (bicyclic) bond motifs is 1. The quantitative estimate of drug-likeness (QED) is 0.754. The van der Waals surface area contributed by atoms with E-state index in [1.807, 2.05) is 0 Å². The van der Waals surface area contributed by atoms with E-state index in [-0.39, 0.29) is 16.4 Å². The van der Waals surface area contributed by atoms with Gasteiger partial charge in [-0.1, -0.05) is 11.6 Å². The highest BCUT2D eigenvalue weighted by molar-refractivity contribution is 7.90. The van der Waals surface area contributed by atoms with Gasteiger partial charge in [-0.25, -0.2) is 8.42 Å². The van der Waals surface area contributed by atoms with Crippen molar-refractivity contribution < 1.29 is 21.6 Å². The van der Waals surface area contributed by atoms with Gasteiger partial charge >= 0.3 is 6.18 Å². The van der Waals surface area contributed by atoms with E-state index in [0.29, 0.717) is 18.0 Å². The second-order valence-electron chi connectivity index (χ2n) is 5.05. The van der Waals surface area contributed by atoms with Crippen LogP contribution < -0.4 is 0 Å². The van der Waals surface area contributed by atoms with Gasteiger partial charge in [0.25, 0.3) is 5.16 Å². The topological polar surface area (TPSA) is 93.0 Å². The molecule has 3 aromatic rings. The molecule has 1 N–H and O–H groups in total. The van der Waals surface area contributed by atoms with Crippen LogP contribution in [0.5, 0.6) is 0 Å². The minimum Gasteiger partial charge on any atom is -0.283 e. The molecule has 128 valence electrons. The summed E-state index contributed by atoms with van der Waals surface area (Å²) in [6.07, 6.45) is -4.09. The fraction of sp³-hybridized carbons (Fsp3) is 0.250. The predicted molar refractivity (Wildman–Crippen MR) is 77.2 cm³/mol. The normalized spacial score (nSPS) is 12.9. The van der Waals surface area contributed by atoms with E-state index in [9.17, 15) is 21.6 Å². The molecule has 7 nitrogen and oxygen atoms in total. The van der Waals surface area contributed by atoms with E-state index in [1.54, 1.807) is 6.92 Å². The first-order valence-corrected chi connectivity index (χ1v) is 8.46. The number of aryl methyl sites for hydroxylation is 1. The van der Waals surface area contributed by atoms with Crippen LogP contribution in [-0.4, -0.2) is 33.2 Å². The number of aromatic nitrogens is 5. The van der Waals surface area contributed by atoms with Crippen LogP contribution in [0, 0.1) is 6.92 Å². The molecule has 0 atom stereocenters. The average Bonchev–Trinajstić information content (AvgIpc) is 3.04. The van der Waals surface area contributed by atoms with Crippen LogP contribution in [0.15, 0.2) is 23.5 Å². The van der Waals surface area contributed by atoms with Gasteiger partial charge in [0.05, 0.1) is 16.3 Å². The molecule has 3 heterocycles. The third kappa shape index (κ3) is 2.96. The summed E-state index contributed by atoms with van der Waals surface area (Å²) in [5.74, 6) is -0.536. The molecule has 0 saturated heterocycles. The summed E-state index contributed by atoms with van der Waals surface area (Å²) in [4.78, 5) is 0. The van der Waals surface area contributed by atoms with E-state index in [0.717, 1.165) is 4.40 Å². The number of pyridine rings is 1. The van der Waals surface area contributed by atoms with Crippen molar-refractivity contribution in [1.82, 2.24) is 24.8 Å². The Hall–Kier alpha value is -2.14. The Kier molecular flexibility index (Phi) is 3.79. The van der Waals surface area contributed by atoms with Crippen LogP contribution in [0.3, 0.4) is 0 Å². The van der Waals surface area contributed by atoms with Crippen molar-refractivity contribution in [2.24, 2.45) is 0 Å². The molecule has 12 heteroatoms. The Balaban J connectivity index is 2.14. The van der Waals surface area contributed by atoms with E-state index in [1.165, 1.54) is 6.07 Å². The molecule has 24 heavy (non-hydrogen) atoms. The Morgan fingerprint density at radius 3 is 2.58 bits per heavy atom. The Morgan fingerprint density at radius 2 is 2.00 bits per heavy atom. The van der Waals surface area contributed by atoms with Crippen LogP contribution in [0.1, 0.15) is 17.0 Å². The second-order valence-corrected chi connectivity index (χ2v) is 7.34. The number of aromatic amines is 1. The van der Waals surface area contributed by atoms with Gasteiger partial charge in [-0.3, -0.25) is 9.50 Å². The molecule has 0 radical (unpaired) electrons. The smallest absolute Gasteiger partial charge is 0.283 e. The first-order chi connectivity index (χ1) is 11.1. The summed E-state index contributed by atoms with van der Waals surface area (Å²) in [6.45, 7) is 1.69. The minimum atomic E-state index is -4.69. The Morgan fingerprint density at radius 1 is 1.29 bits per heavy atom. The van der Waals surface area contributed by atoms with Gasteiger partial charge in [0.1, 0.15) is 5.75 Å². The highest BCUT2D eigenvalue weighted by Gasteiger charge is 2.33. The molecular formula is C12H9ClF3N5O2S. The number of hydrogen-bond acceptors (Lipinski definition) is 5. The van der Waals surface area contributed by atoms with E-state index < -0.39 is 32.5 Å². The summed E-state index contributed by atoms with van der Waals surface area (Å²) in [5, 5.41) is 12.4. The molecule has 3 rings (SSSR count). The largest absolute Gasteiger partial charge is 0.417 e. The minimum absolute atomic E-state index is 0.179. The van der Waals surface area contributed by atoms with Gasteiger partial charge < -0.3 is 0 Å². The lowest BCUT2D eigenvalue weighted by Crippen LogP contribution is -2.12. The molecule has 0 aromatic carbocycles. The molecule has 0 aliphatic carbocycles. The third-order valence-electron chi connectivity index (χ3n) is 3.13. The van der Waals surface area contributed by atoms with Gasteiger partial charge in [0.15, 0.2) is 5.65 Å². The van der Waals surface area contributed by atoms with Gasteiger partial charge in [0.2, 0.25) is 9.84 Å². The lowest BCUT2D eigenvalue weighted by Gasteiger charge is -2.08. The maximum atomic E-state index is 12.9. The van der Waals surface area contributed by atoms with E-state index in [4.69, 9.17) is 11.6 Å². The summed E-state index contributed by atoms with van der Waals surface area (Å²) in [5.41, 5.74) is -0.427. The fourth-order valence-electron chi connectivity index (χ4n) is 2.11. The van der Waals surface area contributed by atoms with Crippen LogP contribution in [0.25, 0.3) is 5.65 Å². The van der Waals surface area contributed by atoms with Crippen molar-refractivity contribution in [1.29, 1.82) is 0 Å². The molecule has 0 bridgehead atoms. The molecule has 0 aliphatic rings. The zero-order chi connectivity index (χ0) is 17.7. The number of H-pyrrole nitrogens is 1. The van der Waals surface area contributed by atoms with Crippen molar-refractivity contribution in [3.8, 4) is 0 Å². The highest BCUT2D eigenvalue weighted by Crippen LogP contribution is 2.32. The number of nitrogens with zero attached hydrogens (tertiary/aromatic N) is 4. The molecule has 0 spiro atoms. The SMILES string of the molecule is Cc1cc(CS(=O)(=O)c2nnc3c(Cl)cc(C(F)(F)F)cn23)n[nH]1. The lowest BCUT2D eigenvalue weighted by atomic mass is 10.3. The number of hydrogen-bond donors (Lipinski definition) is 1. The lowest BCUT2D eigenvalue weighted by molar-refractivity contribution is -0.137. The van der Waals surface area contributed by atoms with Crippen LogP contribution in [0.4, 0.5) is 13.2 Å². The molecular weight excluding hydrogens is 371 g/mol. The van der Waals surface area contributed by atoms with Gasteiger partial charge in [-0.05, 0) is 19.1 Å². The first kappa shape index (κ1) is 16.7. The zero-order valence-corrected chi connectivity index (χ0v) is 13.5. The maximum absolute atomic E-state index is 12.9. The summed E-state index contributed by atoms with van der Waals surface area (Å²) < 4.78 is 64.3. The van der Waals surface area contributed by atoms with Crippen LogP contribution in [0.2, 0.25) is 5.02 Å². The third-order valence-corrected chi connectivity index (χ3v) is 4.92. The number of sulfone groups is 1. The van der Waals surface area contributed by atoms with E-state index in [2.05, 4.69) is 20.4 Å². The molecule has 0 aliphatic heterocycles. The van der Waals surface area contributed by atoms with Gasteiger partial charge in [-0.2, -0.15) is 18.3 Å². The fourth-order valence-corrected chi connectivity index (χ4v) is 3.63. The van der Waals surface area contributed by atoms with Crippen LogP contribution in [-0.2, 0) is 21.8 Å². The number of halogens is 4. The van der Waals surface area contributed by atoms with Crippen molar-refractivity contribution >= 4 is 27.1 Å². The Labute approximate surface area is 138 Å². The highest BCUT2D eigenvalue weighted by atomic mass is 35.5. The summed E-state index contributed by atoms with van der Waals surface area (Å²) >= 11 is 5.76. The standard InChI is InChI=1S/C12H9ClF3N5O2S/c1-6-2-8(18-17-6)5-24(22,23)11-20-19-10-9(13)3-7(4-21(10)11)12(14,15)16/h2-4H,5H2,1H3,(H,17,18). The van der Waals surface area contributed by atoms with Crippen molar-refractivity contribution in [2.45, 2.75) is 24.0 Å². The molecule has 3 aromatic heterocycles. The molecule has 0 unspecified atom stereocenters. The summed E-state index contributed by atoms with van der Waals surface area (Å²) in [6, 6.07) is 2.17. The molecule has 0 saturated carbocycles. The van der Waals surface area contributed by atoms with Crippen LogP contribution >= 0.6 is 11.6 Å². The average molecular weight is 380 g/mol.